The minimum Gasteiger partial charge on any atom is -0.478 e. The molecule has 1 saturated heterocycles. The van der Waals surface area contributed by atoms with E-state index in [0.717, 1.165) is 10.9 Å². The highest BCUT2D eigenvalue weighted by Crippen LogP contribution is 2.30. The number of imide groups is 1. The van der Waals surface area contributed by atoms with Crippen molar-refractivity contribution in [3.63, 3.8) is 0 Å². The highest BCUT2D eigenvalue weighted by atomic mass is 16.4. The Kier molecular flexibility index (Phi) is 3.13. The maximum Gasteiger partial charge on any atom is 0.335 e. The number of carboxylic acids is 1. The Morgan fingerprint density at radius 2 is 2.10 bits per heavy atom. The second-order valence-electron chi connectivity index (χ2n) is 4.94. The summed E-state index contributed by atoms with van der Waals surface area (Å²) in [5, 5.41) is 12.1. The maximum atomic E-state index is 12.0. The van der Waals surface area contributed by atoms with Gasteiger partial charge in [0.15, 0.2) is 0 Å². The summed E-state index contributed by atoms with van der Waals surface area (Å²) in [5.74, 6) is -2.02. The van der Waals surface area contributed by atoms with Crippen LogP contribution in [0, 0.1) is 0 Å². The van der Waals surface area contributed by atoms with Crippen molar-refractivity contribution in [3.05, 3.63) is 41.6 Å². The summed E-state index contributed by atoms with van der Waals surface area (Å²) in [6.07, 6.45) is 2.30. The lowest BCUT2D eigenvalue weighted by Crippen LogP contribution is -2.39. The molecule has 0 radical (unpaired) electrons. The normalized spacial score (nSPS) is 18.6. The fourth-order valence-corrected chi connectivity index (χ4v) is 2.60. The van der Waals surface area contributed by atoms with Crippen LogP contribution in [0.2, 0.25) is 0 Å². The fourth-order valence-electron chi connectivity index (χ4n) is 2.60. The summed E-state index contributed by atoms with van der Waals surface area (Å²) < 4.78 is 0. The number of carbonyl (C=O) groups is 3. The van der Waals surface area contributed by atoms with Gasteiger partial charge in [0.25, 0.3) is 0 Å². The van der Waals surface area contributed by atoms with Crippen molar-refractivity contribution in [3.8, 4) is 0 Å². The lowest BCUT2D eigenvalue weighted by Gasteiger charge is -2.22. The van der Waals surface area contributed by atoms with Gasteiger partial charge in [0.05, 0.1) is 17.0 Å². The highest BCUT2D eigenvalue weighted by molar-refractivity contribution is 6.03. The molecule has 1 fully saturated rings. The predicted octanol–water partition coefficient (Wildman–Crippen LogP) is 1.45. The van der Waals surface area contributed by atoms with Gasteiger partial charge in [-0.2, -0.15) is 0 Å². The van der Waals surface area contributed by atoms with Crippen LogP contribution in [-0.2, 0) is 9.59 Å². The summed E-state index contributed by atoms with van der Waals surface area (Å²) in [6, 6.07) is 6.36. The molecule has 1 aliphatic rings. The minimum atomic E-state index is -1.02. The number of nitrogens with one attached hydrogen (secondary N) is 1. The van der Waals surface area contributed by atoms with E-state index in [4.69, 9.17) is 5.11 Å². The number of amides is 2. The van der Waals surface area contributed by atoms with Crippen LogP contribution in [0.3, 0.4) is 0 Å². The number of hydrogen-bond acceptors (Lipinski definition) is 4. The van der Waals surface area contributed by atoms with Crippen molar-refractivity contribution in [2.45, 2.75) is 18.8 Å². The van der Waals surface area contributed by atoms with Crippen LogP contribution in [0.15, 0.2) is 30.5 Å². The Hall–Kier alpha value is -2.76. The third-order valence-corrected chi connectivity index (χ3v) is 3.64. The van der Waals surface area contributed by atoms with Gasteiger partial charge in [0.1, 0.15) is 0 Å². The number of nitrogens with zero attached hydrogens (tertiary/aromatic N) is 1. The van der Waals surface area contributed by atoms with Crippen LogP contribution in [0.25, 0.3) is 10.9 Å². The van der Waals surface area contributed by atoms with Crippen LogP contribution >= 0.6 is 0 Å². The Morgan fingerprint density at radius 3 is 2.81 bits per heavy atom. The maximum absolute atomic E-state index is 12.0. The molecule has 1 atom stereocenters. The first-order valence-corrected chi connectivity index (χ1v) is 6.52. The number of pyridine rings is 1. The highest BCUT2D eigenvalue weighted by Gasteiger charge is 2.29. The molecule has 2 N–H and O–H groups in total. The van der Waals surface area contributed by atoms with Crippen LogP contribution in [-0.4, -0.2) is 27.9 Å². The molecule has 0 spiro atoms. The van der Waals surface area contributed by atoms with Crippen molar-refractivity contribution in [2.75, 3.05) is 0 Å². The van der Waals surface area contributed by atoms with Gasteiger partial charge in [0, 0.05) is 18.0 Å². The fraction of sp³-hybridized carbons (Fsp3) is 0.200. The monoisotopic (exact) mass is 284 g/mol. The van der Waals surface area contributed by atoms with Gasteiger partial charge in [-0.3, -0.25) is 19.9 Å². The first-order chi connectivity index (χ1) is 10.1. The quantitative estimate of drug-likeness (QED) is 0.814. The second kappa shape index (κ2) is 4.97. The largest absolute Gasteiger partial charge is 0.478 e. The minimum absolute atomic E-state index is 0.149. The molecule has 1 aliphatic heterocycles. The standard InChI is InChI=1S/C15H12N2O4/c18-13-4-3-11(14(19)17-13)9-5-6-16-12-7-8(15(20)21)1-2-10(9)12/h1-2,5-7,11H,3-4H2,(H,20,21)(H,17,18,19). The molecule has 0 aliphatic carbocycles. The van der Waals surface area contributed by atoms with E-state index in [1.165, 1.54) is 12.1 Å². The lowest BCUT2D eigenvalue weighted by atomic mass is 9.88. The van der Waals surface area contributed by atoms with Gasteiger partial charge in [-0.05, 0) is 30.2 Å². The van der Waals surface area contributed by atoms with Gasteiger partial charge in [0.2, 0.25) is 11.8 Å². The number of hydrogen-bond donors (Lipinski definition) is 2. The van der Waals surface area contributed by atoms with Gasteiger partial charge in [-0.1, -0.05) is 6.07 Å². The number of carboxylic acid groups (broad SMARTS) is 1. The topological polar surface area (TPSA) is 96.4 Å². The Balaban J connectivity index is 2.09. The molecule has 2 amide bonds. The van der Waals surface area contributed by atoms with Gasteiger partial charge >= 0.3 is 5.97 Å². The molecule has 0 bridgehead atoms. The average molecular weight is 284 g/mol. The molecule has 106 valence electrons. The molecule has 0 saturated carbocycles. The van der Waals surface area contributed by atoms with Crippen molar-refractivity contribution >= 4 is 28.7 Å². The molecule has 21 heavy (non-hydrogen) atoms. The molecular formula is C15H12N2O4. The first kappa shape index (κ1) is 13.2. The van der Waals surface area contributed by atoms with E-state index in [2.05, 4.69) is 10.3 Å². The van der Waals surface area contributed by atoms with E-state index in [1.54, 1.807) is 18.3 Å². The number of benzene rings is 1. The number of piperidine rings is 1. The summed E-state index contributed by atoms with van der Waals surface area (Å²) in [6.45, 7) is 0. The van der Waals surface area contributed by atoms with E-state index in [9.17, 15) is 14.4 Å². The van der Waals surface area contributed by atoms with Gasteiger partial charge < -0.3 is 5.11 Å². The van der Waals surface area contributed by atoms with E-state index in [0.29, 0.717) is 18.4 Å². The van der Waals surface area contributed by atoms with Crippen LogP contribution in [0.5, 0.6) is 0 Å². The number of aromatic nitrogens is 1. The Labute approximate surface area is 119 Å². The number of rotatable bonds is 2. The third-order valence-electron chi connectivity index (χ3n) is 3.64. The van der Waals surface area contributed by atoms with E-state index < -0.39 is 11.9 Å². The molecule has 6 heteroatoms. The van der Waals surface area contributed by atoms with Crippen molar-refractivity contribution in [1.82, 2.24) is 10.3 Å². The third kappa shape index (κ3) is 2.35. The molecular weight excluding hydrogens is 272 g/mol. The lowest BCUT2D eigenvalue weighted by molar-refractivity contribution is -0.134. The molecule has 1 unspecified atom stereocenters. The van der Waals surface area contributed by atoms with Crippen LogP contribution < -0.4 is 5.32 Å². The SMILES string of the molecule is O=C1CCC(c2ccnc3cc(C(=O)O)ccc23)C(=O)N1. The predicted molar refractivity (Wildman–Crippen MR) is 73.8 cm³/mol. The number of fused-ring (bicyclic) bond motifs is 1. The molecule has 1 aromatic heterocycles. The van der Waals surface area contributed by atoms with Gasteiger partial charge in [-0.15, -0.1) is 0 Å². The zero-order chi connectivity index (χ0) is 15.0. The van der Waals surface area contributed by atoms with E-state index in [-0.39, 0.29) is 17.4 Å². The smallest absolute Gasteiger partial charge is 0.335 e. The second-order valence-corrected chi connectivity index (χ2v) is 4.94. The summed E-state index contributed by atoms with van der Waals surface area (Å²) in [7, 11) is 0. The number of carbonyl (C=O) groups excluding carboxylic acids is 2. The molecule has 1 aromatic carbocycles. The van der Waals surface area contributed by atoms with Crippen molar-refractivity contribution in [2.24, 2.45) is 0 Å². The molecule has 2 heterocycles. The molecule has 2 aromatic rings. The van der Waals surface area contributed by atoms with Gasteiger partial charge in [-0.25, -0.2) is 4.79 Å². The summed E-state index contributed by atoms with van der Waals surface area (Å²) >= 11 is 0. The zero-order valence-corrected chi connectivity index (χ0v) is 11.0. The number of aromatic carboxylic acids is 1. The van der Waals surface area contributed by atoms with E-state index in [1.807, 2.05) is 0 Å². The summed E-state index contributed by atoms with van der Waals surface area (Å²) in [4.78, 5) is 38.3. The van der Waals surface area contributed by atoms with Crippen molar-refractivity contribution in [1.29, 1.82) is 0 Å². The summed E-state index contributed by atoms with van der Waals surface area (Å²) in [5.41, 5.74) is 1.44. The first-order valence-electron chi connectivity index (χ1n) is 6.52. The average Bonchev–Trinajstić information content (AvgIpc) is 2.46. The zero-order valence-electron chi connectivity index (χ0n) is 11.0. The van der Waals surface area contributed by atoms with Crippen molar-refractivity contribution < 1.29 is 19.5 Å². The van der Waals surface area contributed by atoms with E-state index >= 15 is 0 Å². The molecule has 3 rings (SSSR count). The van der Waals surface area contributed by atoms with Crippen LogP contribution in [0.4, 0.5) is 0 Å². The van der Waals surface area contributed by atoms with Crippen LogP contribution in [0.1, 0.15) is 34.7 Å². The Bertz CT molecular complexity index is 769. The Morgan fingerprint density at radius 1 is 1.29 bits per heavy atom. The molecule has 6 nitrogen and oxygen atoms in total.